The molecule has 2 nitrogen and oxygen atoms in total. The Morgan fingerprint density at radius 3 is 2.83 bits per heavy atom. The Morgan fingerprint density at radius 1 is 1.42 bits per heavy atom. The van der Waals surface area contributed by atoms with Crippen LogP contribution >= 0.6 is 11.6 Å². The van der Waals surface area contributed by atoms with Crippen molar-refractivity contribution in [2.75, 3.05) is 6.61 Å². The van der Waals surface area contributed by atoms with Gasteiger partial charge in [0, 0.05) is 6.42 Å². The topological polar surface area (TPSA) is 26.3 Å². The predicted molar refractivity (Wildman–Crippen MR) is 47.3 cm³/mol. The minimum Gasteiger partial charge on any atom is -0.492 e. The zero-order chi connectivity index (χ0) is 8.81. The number of halogens is 1. The Balaban J connectivity index is 2.51. The van der Waals surface area contributed by atoms with Crippen molar-refractivity contribution in [3.05, 3.63) is 29.3 Å². The van der Waals surface area contributed by atoms with Crippen LogP contribution in [0.15, 0.2) is 24.3 Å². The fourth-order valence-electron chi connectivity index (χ4n) is 0.764. The lowest BCUT2D eigenvalue weighted by Crippen LogP contribution is -1.97. The molecular weight excluding hydrogens is 176 g/mol. The van der Waals surface area contributed by atoms with E-state index in [0.29, 0.717) is 17.4 Å². The van der Waals surface area contributed by atoms with Gasteiger partial charge >= 0.3 is 0 Å². The molecule has 0 fully saturated rings. The van der Waals surface area contributed by atoms with Crippen LogP contribution in [0.3, 0.4) is 0 Å². The third-order valence-corrected chi connectivity index (χ3v) is 1.61. The van der Waals surface area contributed by atoms with Gasteiger partial charge in [-0.15, -0.1) is 0 Å². The average Bonchev–Trinajstić information content (AvgIpc) is 2.09. The van der Waals surface area contributed by atoms with E-state index in [1.807, 2.05) is 12.1 Å². The highest BCUT2D eigenvalue weighted by atomic mass is 35.5. The Hall–Kier alpha value is -1.02. The third kappa shape index (κ3) is 2.55. The molecule has 12 heavy (non-hydrogen) atoms. The summed E-state index contributed by atoms with van der Waals surface area (Å²) in [5.74, 6) is 0.606. The van der Waals surface area contributed by atoms with Gasteiger partial charge in [0.2, 0.25) is 6.29 Å². The zero-order valence-corrected chi connectivity index (χ0v) is 7.17. The quantitative estimate of drug-likeness (QED) is 0.670. The summed E-state index contributed by atoms with van der Waals surface area (Å²) in [6.45, 7) is 0.327. The number of carbonyl (C=O) groups excluding carboxylic acids is 1. The van der Waals surface area contributed by atoms with Crippen LogP contribution in [0.25, 0.3) is 0 Å². The second kappa shape index (κ2) is 4.78. The zero-order valence-electron chi connectivity index (χ0n) is 6.42. The van der Waals surface area contributed by atoms with Crippen LogP contribution in [0.1, 0.15) is 6.42 Å². The van der Waals surface area contributed by atoms with Gasteiger partial charge < -0.3 is 4.74 Å². The van der Waals surface area contributed by atoms with Crippen molar-refractivity contribution >= 4 is 17.9 Å². The minimum atomic E-state index is 0.269. The van der Waals surface area contributed by atoms with Gasteiger partial charge in [-0.25, -0.2) is 0 Å². The number of rotatable bonds is 4. The highest BCUT2D eigenvalue weighted by Gasteiger charge is 1.97. The van der Waals surface area contributed by atoms with E-state index in [1.54, 1.807) is 18.4 Å². The number of para-hydroxylation sites is 1. The Bertz CT molecular complexity index is 260. The Kier molecular flexibility index (Phi) is 3.61. The van der Waals surface area contributed by atoms with Gasteiger partial charge in [0.05, 0.1) is 11.6 Å². The molecule has 1 aromatic rings. The normalized spacial score (nSPS) is 9.42. The molecule has 0 saturated heterocycles. The molecule has 0 atom stereocenters. The lowest BCUT2D eigenvalue weighted by molar-refractivity contribution is 0.327. The molecule has 0 heterocycles. The van der Waals surface area contributed by atoms with Crippen LogP contribution in [-0.2, 0) is 4.79 Å². The largest absolute Gasteiger partial charge is 0.492 e. The molecular formula is C9H8ClO2. The molecule has 0 aliphatic carbocycles. The van der Waals surface area contributed by atoms with Gasteiger partial charge in [0.25, 0.3) is 0 Å². The number of benzene rings is 1. The molecule has 1 aromatic carbocycles. The van der Waals surface area contributed by atoms with Crippen molar-refractivity contribution < 1.29 is 9.53 Å². The van der Waals surface area contributed by atoms with Crippen LogP contribution < -0.4 is 4.74 Å². The standard InChI is InChI=1S/C9H8ClO2/c10-8-4-1-2-5-9(8)12-7-3-6-11/h1-2,4-5H,3,7H2. The summed E-state index contributed by atoms with van der Waals surface area (Å²) in [4.78, 5) is 9.84. The summed E-state index contributed by atoms with van der Waals surface area (Å²) in [6.07, 6.45) is 2.01. The van der Waals surface area contributed by atoms with Crippen molar-refractivity contribution in [1.29, 1.82) is 0 Å². The SMILES string of the molecule is O=[C]CCOc1ccccc1Cl. The lowest BCUT2D eigenvalue weighted by atomic mass is 10.3. The Morgan fingerprint density at radius 2 is 2.17 bits per heavy atom. The van der Waals surface area contributed by atoms with E-state index in [1.165, 1.54) is 0 Å². The second-order valence-electron chi connectivity index (χ2n) is 2.17. The first-order chi connectivity index (χ1) is 5.84. The van der Waals surface area contributed by atoms with Crippen LogP contribution in [-0.4, -0.2) is 12.9 Å². The third-order valence-electron chi connectivity index (χ3n) is 1.30. The van der Waals surface area contributed by atoms with Crippen molar-refractivity contribution in [1.82, 2.24) is 0 Å². The van der Waals surface area contributed by atoms with E-state index in [2.05, 4.69) is 0 Å². The molecule has 0 N–H and O–H groups in total. The van der Waals surface area contributed by atoms with Gasteiger partial charge in [-0.05, 0) is 12.1 Å². The van der Waals surface area contributed by atoms with Gasteiger partial charge in [0.15, 0.2) is 0 Å². The van der Waals surface area contributed by atoms with Crippen molar-refractivity contribution in [2.24, 2.45) is 0 Å². The molecule has 0 unspecified atom stereocenters. The summed E-state index contributed by atoms with van der Waals surface area (Å²) in [7, 11) is 0. The van der Waals surface area contributed by atoms with E-state index in [4.69, 9.17) is 16.3 Å². The number of hydrogen-bond donors (Lipinski definition) is 0. The number of hydrogen-bond acceptors (Lipinski definition) is 2. The molecule has 0 aliphatic rings. The van der Waals surface area contributed by atoms with Crippen molar-refractivity contribution in [3.8, 4) is 5.75 Å². The first-order valence-corrected chi connectivity index (χ1v) is 3.94. The molecule has 0 aliphatic heterocycles. The summed E-state index contributed by atoms with van der Waals surface area (Å²) in [5.41, 5.74) is 0. The molecule has 0 aromatic heterocycles. The van der Waals surface area contributed by atoms with Crippen LogP contribution in [0.4, 0.5) is 0 Å². The van der Waals surface area contributed by atoms with Crippen molar-refractivity contribution in [2.45, 2.75) is 6.42 Å². The highest BCUT2D eigenvalue weighted by molar-refractivity contribution is 6.32. The molecule has 0 spiro atoms. The molecule has 63 valence electrons. The van der Waals surface area contributed by atoms with Gasteiger partial charge in [-0.3, -0.25) is 4.79 Å². The molecule has 3 heteroatoms. The van der Waals surface area contributed by atoms with Gasteiger partial charge in [-0.1, -0.05) is 23.7 Å². The first kappa shape index (κ1) is 9.07. The van der Waals surface area contributed by atoms with E-state index in [-0.39, 0.29) is 6.42 Å². The van der Waals surface area contributed by atoms with E-state index < -0.39 is 0 Å². The van der Waals surface area contributed by atoms with Crippen LogP contribution in [0.5, 0.6) is 5.75 Å². The molecule has 1 radical (unpaired) electrons. The van der Waals surface area contributed by atoms with Gasteiger partial charge in [0.1, 0.15) is 5.75 Å². The van der Waals surface area contributed by atoms with Gasteiger partial charge in [-0.2, -0.15) is 0 Å². The van der Waals surface area contributed by atoms with Crippen LogP contribution in [0.2, 0.25) is 5.02 Å². The van der Waals surface area contributed by atoms with Crippen molar-refractivity contribution in [3.63, 3.8) is 0 Å². The monoisotopic (exact) mass is 183 g/mol. The molecule has 0 saturated carbocycles. The predicted octanol–water partition coefficient (Wildman–Crippen LogP) is 2.22. The smallest absolute Gasteiger partial charge is 0.201 e. The lowest BCUT2D eigenvalue weighted by Gasteiger charge is -2.04. The molecule has 0 amide bonds. The summed E-state index contributed by atoms with van der Waals surface area (Å²) in [5, 5.41) is 0.559. The molecule has 0 bridgehead atoms. The maximum absolute atomic E-state index is 9.84. The van der Waals surface area contributed by atoms with E-state index >= 15 is 0 Å². The molecule has 1 rings (SSSR count). The maximum Gasteiger partial charge on any atom is 0.201 e. The Labute approximate surface area is 76.1 Å². The fourth-order valence-corrected chi connectivity index (χ4v) is 0.955. The summed E-state index contributed by atoms with van der Waals surface area (Å²) in [6, 6.07) is 7.14. The van der Waals surface area contributed by atoms with E-state index in [9.17, 15) is 4.79 Å². The first-order valence-electron chi connectivity index (χ1n) is 3.57. The van der Waals surface area contributed by atoms with Crippen LogP contribution in [0, 0.1) is 0 Å². The summed E-state index contributed by atoms with van der Waals surface area (Å²) < 4.78 is 5.18. The van der Waals surface area contributed by atoms with E-state index in [0.717, 1.165) is 0 Å². The fraction of sp³-hybridized carbons (Fsp3) is 0.222. The highest BCUT2D eigenvalue weighted by Crippen LogP contribution is 2.22. The minimum absolute atomic E-state index is 0.269. The maximum atomic E-state index is 9.84. The second-order valence-corrected chi connectivity index (χ2v) is 2.58. The summed E-state index contributed by atoms with van der Waals surface area (Å²) >= 11 is 5.78. The average molecular weight is 184 g/mol. The number of ether oxygens (including phenoxy) is 1.